The van der Waals surface area contributed by atoms with E-state index < -0.39 is 29.4 Å². The lowest BCUT2D eigenvalue weighted by Gasteiger charge is -2.36. The minimum Gasteiger partial charge on any atom is -0.443 e. The van der Waals surface area contributed by atoms with Crippen LogP contribution in [-0.2, 0) is 9.53 Å². The summed E-state index contributed by atoms with van der Waals surface area (Å²) < 4.78 is 5.31. The molecular weight excluding hydrogens is 260 g/mol. The second-order valence-electron chi connectivity index (χ2n) is 7.18. The van der Waals surface area contributed by atoms with Crippen molar-refractivity contribution in [1.29, 1.82) is 0 Å². The molecule has 2 amide bonds. The normalized spacial score (nSPS) is 23.6. The van der Waals surface area contributed by atoms with E-state index in [1.807, 2.05) is 0 Å². The van der Waals surface area contributed by atoms with E-state index in [-0.39, 0.29) is 5.91 Å². The smallest absolute Gasteiger partial charge is 0.417 e. The van der Waals surface area contributed by atoms with E-state index in [1.165, 1.54) is 0 Å². The summed E-state index contributed by atoms with van der Waals surface area (Å²) in [7, 11) is 0. The van der Waals surface area contributed by atoms with Crippen molar-refractivity contribution in [2.75, 3.05) is 6.54 Å². The fraction of sp³-hybridized carbons (Fsp3) is 0.857. The van der Waals surface area contributed by atoms with Gasteiger partial charge >= 0.3 is 6.09 Å². The van der Waals surface area contributed by atoms with Gasteiger partial charge in [-0.1, -0.05) is 0 Å². The molecule has 20 heavy (non-hydrogen) atoms. The summed E-state index contributed by atoms with van der Waals surface area (Å²) in [5, 5.41) is 12.4. The number of hydrogen-bond donors (Lipinski definition) is 2. The second-order valence-corrected chi connectivity index (χ2v) is 7.18. The summed E-state index contributed by atoms with van der Waals surface area (Å²) in [6.45, 7) is 11.0. The number of imide groups is 1. The lowest BCUT2D eigenvalue weighted by atomic mass is 10.0. The maximum absolute atomic E-state index is 12.5. The molecule has 0 bridgehead atoms. The highest BCUT2D eigenvalue weighted by atomic mass is 16.6. The van der Waals surface area contributed by atoms with Crippen molar-refractivity contribution in [2.24, 2.45) is 0 Å². The topological polar surface area (TPSA) is 78.9 Å². The number of hydrogen-bond acceptors (Lipinski definition) is 5. The van der Waals surface area contributed by atoms with E-state index in [1.54, 1.807) is 41.5 Å². The van der Waals surface area contributed by atoms with Crippen molar-refractivity contribution >= 4 is 12.0 Å². The standard InChI is InChI=1S/C14H26N2O4/c1-13(2,3)16(12(19)20-14(4,5)6)11(18)10-7-9(17)8-15-10/h9-10,15,17H,7-8H2,1-6H3/t9-,10+/m1/s1. The molecule has 1 aliphatic heterocycles. The molecule has 0 unspecified atom stereocenters. The predicted octanol–water partition coefficient (Wildman–Crippen LogP) is 1.27. The monoisotopic (exact) mass is 286 g/mol. The molecule has 0 aromatic heterocycles. The Morgan fingerprint density at radius 2 is 1.75 bits per heavy atom. The molecule has 0 spiro atoms. The molecule has 6 heteroatoms. The first-order valence-corrected chi connectivity index (χ1v) is 6.90. The number of aliphatic hydroxyl groups excluding tert-OH is 1. The third kappa shape index (κ3) is 4.45. The van der Waals surface area contributed by atoms with Gasteiger partial charge in [0.1, 0.15) is 5.60 Å². The van der Waals surface area contributed by atoms with Crippen LogP contribution in [0.1, 0.15) is 48.0 Å². The molecule has 1 fully saturated rings. The van der Waals surface area contributed by atoms with Crippen LogP contribution >= 0.6 is 0 Å². The molecule has 0 aromatic carbocycles. The Kier molecular flexibility index (Phi) is 4.82. The summed E-state index contributed by atoms with van der Waals surface area (Å²) >= 11 is 0. The molecule has 1 saturated heterocycles. The van der Waals surface area contributed by atoms with E-state index in [2.05, 4.69) is 5.32 Å². The number of rotatable bonds is 1. The van der Waals surface area contributed by atoms with E-state index >= 15 is 0 Å². The number of nitrogens with zero attached hydrogens (tertiary/aromatic N) is 1. The van der Waals surface area contributed by atoms with Gasteiger partial charge in [0.2, 0.25) is 5.91 Å². The van der Waals surface area contributed by atoms with E-state index in [0.717, 1.165) is 4.90 Å². The number of nitrogens with one attached hydrogen (secondary N) is 1. The van der Waals surface area contributed by atoms with E-state index in [9.17, 15) is 14.7 Å². The van der Waals surface area contributed by atoms with Crippen molar-refractivity contribution in [3.63, 3.8) is 0 Å². The Morgan fingerprint density at radius 1 is 1.20 bits per heavy atom. The fourth-order valence-electron chi connectivity index (χ4n) is 2.06. The first-order chi connectivity index (χ1) is 8.92. The lowest BCUT2D eigenvalue weighted by Crippen LogP contribution is -2.56. The maximum atomic E-state index is 12.5. The van der Waals surface area contributed by atoms with Gasteiger partial charge in [-0.2, -0.15) is 0 Å². The molecule has 1 rings (SSSR count). The summed E-state index contributed by atoms with van der Waals surface area (Å²) in [4.78, 5) is 25.9. The minimum atomic E-state index is -0.686. The lowest BCUT2D eigenvalue weighted by molar-refractivity contribution is -0.136. The molecule has 0 saturated carbocycles. The third-order valence-electron chi connectivity index (χ3n) is 2.87. The van der Waals surface area contributed by atoms with Crippen LogP contribution in [-0.4, -0.2) is 51.8 Å². The number of carbonyl (C=O) groups excluding carboxylic acids is 2. The predicted molar refractivity (Wildman–Crippen MR) is 75.2 cm³/mol. The van der Waals surface area contributed by atoms with Crippen LogP contribution < -0.4 is 5.32 Å². The van der Waals surface area contributed by atoms with Crippen LogP contribution in [0.3, 0.4) is 0 Å². The van der Waals surface area contributed by atoms with Crippen LogP contribution in [0.15, 0.2) is 0 Å². The van der Waals surface area contributed by atoms with Crippen LogP contribution in [0.5, 0.6) is 0 Å². The quantitative estimate of drug-likeness (QED) is 0.759. The van der Waals surface area contributed by atoms with Crippen LogP contribution in [0.2, 0.25) is 0 Å². The Labute approximate surface area is 120 Å². The summed E-state index contributed by atoms with van der Waals surface area (Å²) in [5.74, 6) is -0.358. The van der Waals surface area contributed by atoms with Gasteiger partial charge in [0, 0.05) is 12.1 Å². The van der Waals surface area contributed by atoms with Crippen molar-refractivity contribution in [3.05, 3.63) is 0 Å². The molecule has 1 aliphatic rings. The highest BCUT2D eigenvalue weighted by Crippen LogP contribution is 2.21. The van der Waals surface area contributed by atoms with Gasteiger partial charge in [-0.05, 0) is 48.0 Å². The molecule has 116 valence electrons. The van der Waals surface area contributed by atoms with Crippen molar-refractivity contribution in [3.8, 4) is 0 Å². The molecule has 0 aromatic rings. The highest BCUT2D eigenvalue weighted by Gasteiger charge is 2.41. The van der Waals surface area contributed by atoms with Crippen LogP contribution in [0.25, 0.3) is 0 Å². The van der Waals surface area contributed by atoms with Gasteiger partial charge in [0.05, 0.1) is 12.1 Å². The Hall–Kier alpha value is -1.14. The van der Waals surface area contributed by atoms with E-state index in [0.29, 0.717) is 13.0 Å². The number of aliphatic hydroxyl groups is 1. The van der Waals surface area contributed by atoms with Gasteiger partial charge in [0.25, 0.3) is 0 Å². The van der Waals surface area contributed by atoms with E-state index in [4.69, 9.17) is 4.74 Å². The first-order valence-electron chi connectivity index (χ1n) is 6.90. The van der Waals surface area contributed by atoms with Gasteiger partial charge in [0.15, 0.2) is 0 Å². The maximum Gasteiger partial charge on any atom is 0.417 e. The average Bonchev–Trinajstić information content (AvgIpc) is 2.59. The zero-order valence-corrected chi connectivity index (χ0v) is 13.2. The number of ether oxygens (including phenoxy) is 1. The summed E-state index contributed by atoms with van der Waals surface area (Å²) in [6.07, 6.45) is -0.892. The number of carbonyl (C=O) groups is 2. The minimum absolute atomic E-state index is 0.314. The average molecular weight is 286 g/mol. The molecule has 1 heterocycles. The molecule has 0 radical (unpaired) electrons. The Bertz CT molecular complexity index is 382. The molecule has 2 atom stereocenters. The van der Waals surface area contributed by atoms with Gasteiger partial charge in [-0.25, -0.2) is 9.69 Å². The zero-order chi connectivity index (χ0) is 15.7. The van der Waals surface area contributed by atoms with Crippen molar-refractivity contribution in [2.45, 2.75) is 71.2 Å². The number of amides is 2. The van der Waals surface area contributed by atoms with Crippen LogP contribution in [0, 0.1) is 0 Å². The SMILES string of the molecule is CC(C)(C)OC(=O)N(C(=O)[C@@H]1C[C@@H](O)CN1)C(C)(C)C. The van der Waals surface area contributed by atoms with Gasteiger partial charge in [-0.15, -0.1) is 0 Å². The van der Waals surface area contributed by atoms with Crippen LogP contribution in [0.4, 0.5) is 4.79 Å². The number of β-amino-alcohol motifs (C(OH)–C–C–N with tert-alkyl or cyclic N) is 1. The molecule has 2 N–H and O–H groups in total. The largest absolute Gasteiger partial charge is 0.443 e. The van der Waals surface area contributed by atoms with Crippen molar-refractivity contribution < 1.29 is 19.4 Å². The summed E-state index contributed by atoms with van der Waals surface area (Å²) in [6, 6.07) is -0.545. The Morgan fingerprint density at radius 3 is 2.10 bits per heavy atom. The third-order valence-corrected chi connectivity index (χ3v) is 2.87. The Balaban J connectivity index is 2.90. The van der Waals surface area contributed by atoms with Gasteiger partial charge < -0.3 is 15.2 Å². The van der Waals surface area contributed by atoms with Crippen molar-refractivity contribution in [1.82, 2.24) is 10.2 Å². The van der Waals surface area contributed by atoms with Gasteiger partial charge in [-0.3, -0.25) is 4.79 Å². The zero-order valence-electron chi connectivity index (χ0n) is 13.2. The highest BCUT2D eigenvalue weighted by molar-refractivity contribution is 5.96. The fourth-order valence-corrected chi connectivity index (χ4v) is 2.06. The molecular formula is C14H26N2O4. The molecule has 0 aliphatic carbocycles. The first kappa shape index (κ1) is 16.9. The molecule has 6 nitrogen and oxygen atoms in total. The summed E-state index contributed by atoms with van der Waals surface area (Å²) in [5.41, 5.74) is -1.35. The second kappa shape index (κ2) is 5.69.